The second-order valence-corrected chi connectivity index (χ2v) is 4.91. The Bertz CT molecular complexity index is 354. The second-order valence-electron chi connectivity index (χ2n) is 3.08. The smallest absolute Gasteiger partial charge is 0.325 e. The predicted molar refractivity (Wildman–Crippen MR) is 60.9 cm³/mol. The lowest BCUT2D eigenvalue weighted by Gasteiger charge is -2.07. The molecule has 0 aliphatic heterocycles. The first kappa shape index (κ1) is 15.7. The van der Waals surface area contributed by atoms with Crippen molar-refractivity contribution in [3.05, 3.63) is 0 Å². The summed E-state index contributed by atoms with van der Waals surface area (Å²) in [6, 6.07) is -0.562. The van der Waals surface area contributed by atoms with Crippen LogP contribution in [-0.2, 0) is 19.6 Å². The van der Waals surface area contributed by atoms with Gasteiger partial charge in [-0.05, 0) is 6.92 Å². The SMILES string of the molecule is CCOC(=O)CNC(=O)NCCNS(C)(=O)=O. The number of urea groups is 1. The van der Waals surface area contributed by atoms with Gasteiger partial charge in [0.05, 0.1) is 12.9 Å². The summed E-state index contributed by atoms with van der Waals surface area (Å²) in [4.78, 5) is 21.9. The Balaban J connectivity index is 3.57. The molecule has 17 heavy (non-hydrogen) atoms. The van der Waals surface area contributed by atoms with Crippen LogP contribution in [0, 0.1) is 0 Å². The number of sulfonamides is 1. The van der Waals surface area contributed by atoms with E-state index in [4.69, 9.17) is 0 Å². The minimum absolute atomic E-state index is 0.0889. The molecule has 0 spiro atoms. The van der Waals surface area contributed by atoms with Gasteiger partial charge in [0.25, 0.3) is 0 Å². The molecule has 0 radical (unpaired) electrons. The summed E-state index contributed by atoms with van der Waals surface area (Å²) in [5.41, 5.74) is 0. The van der Waals surface area contributed by atoms with Crippen LogP contribution in [0.1, 0.15) is 6.92 Å². The van der Waals surface area contributed by atoms with Crippen LogP contribution in [-0.4, -0.2) is 52.9 Å². The van der Waals surface area contributed by atoms with Gasteiger partial charge in [0.1, 0.15) is 6.54 Å². The summed E-state index contributed by atoms with van der Waals surface area (Å²) >= 11 is 0. The minimum atomic E-state index is -3.25. The molecule has 8 nitrogen and oxygen atoms in total. The van der Waals surface area contributed by atoms with Gasteiger partial charge in [0.15, 0.2) is 0 Å². The predicted octanol–water partition coefficient (Wildman–Crippen LogP) is -1.60. The van der Waals surface area contributed by atoms with Gasteiger partial charge < -0.3 is 15.4 Å². The number of ether oxygens (including phenoxy) is 1. The van der Waals surface area contributed by atoms with Crippen molar-refractivity contribution in [3.63, 3.8) is 0 Å². The van der Waals surface area contributed by atoms with Gasteiger partial charge in [-0.15, -0.1) is 0 Å². The molecule has 0 aliphatic rings. The molecule has 100 valence electrons. The fraction of sp³-hybridized carbons (Fsp3) is 0.750. The van der Waals surface area contributed by atoms with E-state index in [2.05, 4.69) is 20.1 Å². The lowest BCUT2D eigenvalue weighted by atomic mass is 10.6. The quantitative estimate of drug-likeness (QED) is 0.379. The maximum Gasteiger partial charge on any atom is 0.325 e. The van der Waals surface area contributed by atoms with Crippen LogP contribution in [0.25, 0.3) is 0 Å². The van der Waals surface area contributed by atoms with E-state index >= 15 is 0 Å². The standard InChI is InChI=1S/C8H17N3O5S/c1-3-16-7(12)6-10-8(13)9-4-5-11-17(2,14)15/h11H,3-6H2,1-2H3,(H2,9,10,13). The minimum Gasteiger partial charge on any atom is -0.465 e. The van der Waals surface area contributed by atoms with Gasteiger partial charge in [0.2, 0.25) is 10.0 Å². The molecule has 0 aromatic heterocycles. The fourth-order valence-electron chi connectivity index (χ4n) is 0.839. The molecular formula is C8H17N3O5S. The van der Waals surface area contributed by atoms with E-state index in [0.29, 0.717) is 0 Å². The molecule has 0 saturated carbocycles. The molecule has 0 fully saturated rings. The van der Waals surface area contributed by atoms with Crippen molar-refractivity contribution in [2.24, 2.45) is 0 Å². The maximum atomic E-state index is 11.1. The normalized spacial score (nSPS) is 10.7. The van der Waals surface area contributed by atoms with Crippen molar-refractivity contribution >= 4 is 22.0 Å². The van der Waals surface area contributed by atoms with E-state index in [-0.39, 0.29) is 26.2 Å². The number of carbonyl (C=O) groups excluding carboxylic acids is 2. The number of esters is 1. The number of nitrogens with one attached hydrogen (secondary N) is 3. The first-order valence-electron chi connectivity index (χ1n) is 4.97. The highest BCUT2D eigenvalue weighted by molar-refractivity contribution is 7.88. The number of hydrogen-bond donors (Lipinski definition) is 3. The molecule has 2 amide bonds. The Morgan fingerprint density at radius 1 is 1.18 bits per heavy atom. The highest BCUT2D eigenvalue weighted by Crippen LogP contribution is 1.76. The number of amides is 2. The Hall–Kier alpha value is -1.35. The fourth-order valence-corrected chi connectivity index (χ4v) is 1.31. The lowest BCUT2D eigenvalue weighted by molar-refractivity contribution is -0.141. The zero-order chi connectivity index (χ0) is 13.3. The Kier molecular flexibility index (Phi) is 7.22. The molecule has 0 aliphatic carbocycles. The largest absolute Gasteiger partial charge is 0.465 e. The van der Waals surface area contributed by atoms with Crippen molar-refractivity contribution in [2.75, 3.05) is 32.5 Å². The second kappa shape index (κ2) is 7.85. The van der Waals surface area contributed by atoms with Gasteiger partial charge in [-0.25, -0.2) is 17.9 Å². The molecule has 0 aromatic rings. The van der Waals surface area contributed by atoms with Crippen molar-refractivity contribution in [3.8, 4) is 0 Å². The molecular weight excluding hydrogens is 250 g/mol. The van der Waals surface area contributed by atoms with Gasteiger partial charge in [-0.1, -0.05) is 0 Å². The van der Waals surface area contributed by atoms with Crippen molar-refractivity contribution in [1.82, 2.24) is 15.4 Å². The lowest BCUT2D eigenvalue weighted by Crippen LogP contribution is -2.42. The number of hydrogen-bond acceptors (Lipinski definition) is 5. The average Bonchev–Trinajstić information content (AvgIpc) is 2.21. The molecule has 3 N–H and O–H groups in total. The number of rotatable bonds is 7. The number of carbonyl (C=O) groups is 2. The Morgan fingerprint density at radius 2 is 1.82 bits per heavy atom. The zero-order valence-corrected chi connectivity index (χ0v) is 10.6. The van der Waals surface area contributed by atoms with Crippen molar-refractivity contribution in [1.29, 1.82) is 0 Å². The highest BCUT2D eigenvalue weighted by atomic mass is 32.2. The van der Waals surface area contributed by atoms with E-state index in [1.54, 1.807) is 6.92 Å². The maximum absolute atomic E-state index is 11.1. The molecule has 0 aromatic carbocycles. The van der Waals surface area contributed by atoms with E-state index in [0.717, 1.165) is 6.26 Å². The Morgan fingerprint density at radius 3 is 2.35 bits per heavy atom. The van der Waals surface area contributed by atoms with Crippen molar-refractivity contribution in [2.45, 2.75) is 6.92 Å². The topological polar surface area (TPSA) is 114 Å². The third-order valence-corrected chi connectivity index (χ3v) is 2.20. The molecule has 0 saturated heterocycles. The zero-order valence-electron chi connectivity index (χ0n) is 9.78. The summed E-state index contributed by atoms with van der Waals surface area (Å²) in [6.07, 6.45) is 1.02. The summed E-state index contributed by atoms with van der Waals surface area (Å²) in [5, 5.41) is 4.63. The Labute approximate surface area is 100 Å². The van der Waals surface area contributed by atoms with E-state index < -0.39 is 22.0 Å². The molecule has 0 bridgehead atoms. The van der Waals surface area contributed by atoms with Crippen LogP contribution < -0.4 is 15.4 Å². The first-order chi connectivity index (χ1) is 7.85. The summed E-state index contributed by atoms with van der Waals surface area (Å²) in [5.74, 6) is -0.531. The summed E-state index contributed by atoms with van der Waals surface area (Å²) < 4.78 is 28.1. The van der Waals surface area contributed by atoms with Crippen LogP contribution >= 0.6 is 0 Å². The van der Waals surface area contributed by atoms with E-state index in [1.807, 2.05) is 0 Å². The van der Waals surface area contributed by atoms with Crippen LogP contribution in [0.4, 0.5) is 4.79 Å². The first-order valence-corrected chi connectivity index (χ1v) is 6.86. The van der Waals surface area contributed by atoms with Crippen LogP contribution in [0.2, 0.25) is 0 Å². The molecule has 0 heterocycles. The average molecular weight is 267 g/mol. The molecule has 0 atom stereocenters. The van der Waals surface area contributed by atoms with Crippen LogP contribution in [0.5, 0.6) is 0 Å². The van der Waals surface area contributed by atoms with Gasteiger partial charge in [0, 0.05) is 13.1 Å². The summed E-state index contributed by atoms with van der Waals surface area (Å²) in [6.45, 7) is 1.90. The highest BCUT2D eigenvalue weighted by Gasteiger charge is 2.05. The monoisotopic (exact) mass is 267 g/mol. The molecule has 0 unspecified atom stereocenters. The van der Waals surface area contributed by atoms with Gasteiger partial charge in [-0.3, -0.25) is 4.79 Å². The van der Waals surface area contributed by atoms with Crippen LogP contribution in [0.3, 0.4) is 0 Å². The molecule has 0 rings (SSSR count). The van der Waals surface area contributed by atoms with E-state index in [9.17, 15) is 18.0 Å². The molecule has 9 heteroatoms. The third-order valence-electron chi connectivity index (χ3n) is 1.47. The van der Waals surface area contributed by atoms with Gasteiger partial charge >= 0.3 is 12.0 Å². The third kappa shape index (κ3) is 10.9. The van der Waals surface area contributed by atoms with Crippen molar-refractivity contribution < 1.29 is 22.7 Å². The van der Waals surface area contributed by atoms with Crippen LogP contribution in [0.15, 0.2) is 0 Å². The summed E-state index contributed by atoms with van der Waals surface area (Å²) in [7, 11) is -3.25. The van der Waals surface area contributed by atoms with E-state index in [1.165, 1.54) is 0 Å². The van der Waals surface area contributed by atoms with Gasteiger partial charge in [-0.2, -0.15) is 0 Å².